The summed E-state index contributed by atoms with van der Waals surface area (Å²) in [5, 5.41) is 8.74. The molecule has 0 amide bonds. The largest absolute Gasteiger partial charge is 0.299 e. The Morgan fingerprint density at radius 1 is 1.33 bits per heavy atom. The fourth-order valence-corrected chi connectivity index (χ4v) is 3.23. The third-order valence-corrected chi connectivity index (χ3v) is 4.16. The second kappa shape index (κ2) is 5.97. The highest BCUT2D eigenvalue weighted by Gasteiger charge is 2.21. The zero-order valence-electron chi connectivity index (χ0n) is 13.2. The Kier molecular flexibility index (Phi) is 4.05. The lowest BCUT2D eigenvalue weighted by Gasteiger charge is -2.32. The Labute approximate surface area is 125 Å². The molecule has 0 aromatic carbocycles. The first-order valence-corrected chi connectivity index (χ1v) is 7.68. The lowest BCUT2D eigenvalue weighted by Crippen LogP contribution is -2.36. The maximum absolute atomic E-state index is 4.49. The molecular formula is C15H24N6. The third kappa shape index (κ3) is 3.50. The van der Waals surface area contributed by atoms with Crippen molar-refractivity contribution in [2.45, 2.75) is 39.8 Å². The number of aromatic nitrogens is 5. The van der Waals surface area contributed by atoms with Gasteiger partial charge >= 0.3 is 0 Å². The van der Waals surface area contributed by atoms with Crippen molar-refractivity contribution >= 4 is 0 Å². The number of hydrogen-bond donors (Lipinski definition) is 0. The summed E-state index contributed by atoms with van der Waals surface area (Å²) in [7, 11) is 1.97. The molecule has 0 N–H and O–H groups in total. The zero-order valence-corrected chi connectivity index (χ0v) is 13.2. The van der Waals surface area contributed by atoms with Crippen molar-refractivity contribution in [1.29, 1.82) is 0 Å². The molecule has 1 aliphatic rings. The zero-order chi connectivity index (χ0) is 14.8. The van der Waals surface area contributed by atoms with E-state index in [0.29, 0.717) is 5.92 Å². The summed E-state index contributed by atoms with van der Waals surface area (Å²) in [6.07, 6.45) is 6.61. The molecule has 0 unspecified atom stereocenters. The predicted molar refractivity (Wildman–Crippen MR) is 80.7 cm³/mol. The van der Waals surface area contributed by atoms with Gasteiger partial charge in [0.15, 0.2) is 0 Å². The van der Waals surface area contributed by atoms with Gasteiger partial charge in [0.2, 0.25) is 0 Å². The normalized spacial score (nSPS) is 20.0. The topological polar surface area (TPSA) is 51.8 Å². The molecule has 0 radical (unpaired) electrons. The smallest absolute Gasteiger partial charge is 0.147 e. The van der Waals surface area contributed by atoms with E-state index in [2.05, 4.69) is 31.0 Å². The minimum Gasteiger partial charge on any atom is -0.299 e. The second-order valence-corrected chi connectivity index (χ2v) is 6.15. The monoisotopic (exact) mass is 288 g/mol. The van der Waals surface area contributed by atoms with Gasteiger partial charge in [-0.25, -0.2) is 9.67 Å². The molecule has 0 spiro atoms. The molecule has 1 fully saturated rings. The van der Waals surface area contributed by atoms with Crippen molar-refractivity contribution in [3.05, 3.63) is 29.6 Å². The summed E-state index contributed by atoms with van der Waals surface area (Å²) in [6, 6.07) is 0. The molecule has 0 aliphatic carbocycles. The van der Waals surface area contributed by atoms with Crippen LogP contribution < -0.4 is 0 Å². The van der Waals surface area contributed by atoms with Gasteiger partial charge in [0.05, 0.1) is 6.20 Å². The quantitative estimate of drug-likeness (QED) is 0.856. The Hall–Kier alpha value is -1.69. The fourth-order valence-electron chi connectivity index (χ4n) is 3.23. The summed E-state index contributed by atoms with van der Waals surface area (Å²) in [5.74, 6) is 2.56. The van der Waals surface area contributed by atoms with E-state index in [-0.39, 0.29) is 0 Å². The second-order valence-electron chi connectivity index (χ2n) is 6.15. The SMILES string of the molecule is Cc1nc(C)n(C[C@H]2CCCN(Cc3cnn(C)c3)C2)n1. The molecule has 3 rings (SSSR count). The Morgan fingerprint density at radius 3 is 2.86 bits per heavy atom. The molecular weight excluding hydrogens is 264 g/mol. The lowest BCUT2D eigenvalue weighted by molar-refractivity contribution is 0.152. The van der Waals surface area contributed by atoms with E-state index in [4.69, 9.17) is 0 Å². The number of aryl methyl sites for hydroxylation is 3. The van der Waals surface area contributed by atoms with E-state index < -0.39 is 0 Å². The van der Waals surface area contributed by atoms with Crippen LogP contribution in [0.25, 0.3) is 0 Å². The van der Waals surface area contributed by atoms with Crippen LogP contribution in [-0.2, 0) is 20.1 Å². The summed E-state index contributed by atoms with van der Waals surface area (Å²) >= 11 is 0. The number of nitrogens with zero attached hydrogens (tertiary/aromatic N) is 6. The van der Waals surface area contributed by atoms with Crippen LogP contribution in [0.1, 0.15) is 30.1 Å². The Bertz CT molecular complexity index is 599. The molecule has 114 valence electrons. The van der Waals surface area contributed by atoms with Crippen LogP contribution in [0.2, 0.25) is 0 Å². The maximum atomic E-state index is 4.49. The molecule has 1 atom stereocenters. The molecule has 6 heteroatoms. The van der Waals surface area contributed by atoms with Gasteiger partial charge < -0.3 is 0 Å². The summed E-state index contributed by atoms with van der Waals surface area (Å²) in [5.41, 5.74) is 1.30. The molecule has 0 bridgehead atoms. The van der Waals surface area contributed by atoms with Crippen molar-refractivity contribution in [2.24, 2.45) is 13.0 Å². The van der Waals surface area contributed by atoms with Crippen LogP contribution in [-0.4, -0.2) is 42.5 Å². The fraction of sp³-hybridized carbons (Fsp3) is 0.667. The predicted octanol–water partition coefficient (Wildman–Crippen LogP) is 1.54. The van der Waals surface area contributed by atoms with E-state index >= 15 is 0 Å². The van der Waals surface area contributed by atoms with Gasteiger partial charge in [-0.1, -0.05) is 0 Å². The van der Waals surface area contributed by atoms with Gasteiger partial charge in [-0.15, -0.1) is 0 Å². The molecule has 0 saturated carbocycles. The molecule has 21 heavy (non-hydrogen) atoms. The van der Waals surface area contributed by atoms with E-state index in [0.717, 1.165) is 31.3 Å². The van der Waals surface area contributed by atoms with E-state index in [1.165, 1.54) is 24.9 Å². The summed E-state index contributed by atoms with van der Waals surface area (Å²) in [4.78, 5) is 6.93. The highest BCUT2D eigenvalue weighted by atomic mass is 15.3. The lowest BCUT2D eigenvalue weighted by atomic mass is 9.98. The van der Waals surface area contributed by atoms with Gasteiger partial charge in [-0.3, -0.25) is 9.58 Å². The van der Waals surface area contributed by atoms with Gasteiger partial charge in [0, 0.05) is 38.4 Å². The number of hydrogen-bond acceptors (Lipinski definition) is 4. The molecule has 1 aliphatic heterocycles. The molecule has 2 aromatic heterocycles. The van der Waals surface area contributed by atoms with Gasteiger partial charge in [0.25, 0.3) is 0 Å². The average Bonchev–Trinajstić information content (AvgIpc) is 2.96. The molecule has 6 nitrogen and oxygen atoms in total. The molecule has 2 aromatic rings. The van der Waals surface area contributed by atoms with Crippen LogP contribution in [0.15, 0.2) is 12.4 Å². The van der Waals surface area contributed by atoms with Crippen LogP contribution in [0.5, 0.6) is 0 Å². The van der Waals surface area contributed by atoms with E-state index in [1.807, 2.05) is 31.8 Å². The molecule has 3 heterocycles. The van der Waals surface area contributed by atoms with E-state index in [1.54, 1.807) is 0 Å². The minimum atomic E-state index is 0.662. The van der Waals surface area contributed by atoms with Gasteiger partial charge in [-0.05, 0) is 39.2 Å². The van der Waals surface area contributed by atoms with Crippen LogP contribution in [0, 0.1) is 19.8 Å². The average molecular weight is 288 g/mol. The van der Waals surface area contributed by atoms with Crippen molar-refractivity contribution in [1.82, 2.24) is 29.4 Å². The summed E-state index contributed by atoms with van der Waals surface area (Å²) < 4.78 is 3.94. The molecule has 1 saturated heterocycles. The van der Waals surface area contributed by atoms with Crippen molar-refractivity contribution < 1.29 is 0 Å². The first-order chi connectivity index (χ1) is 10.1. The van der Waals surface area contributed by atoms with Crippen molar-refractivity contribution in [3.63, 3.8) is 0 Å². The number of piperidine rings is 1. The maximum Gasteiger partial charge on any atom is 0.147 e. The first kappa shape index (κ1) is 14.3. The highest BCUT2D eigenvalue weighted by Crippen LogP contribution is 2.20. The van der Waals surface area contributed by atoms with Crippen LogP contribution in [0.4, 0.5) is 0 Å². The van der Waals surface area contributed by atoms with Crippen molar-refractivity contribution in [2.75, 3.05) is 13.1 Å². The first-order valence-electron chi connectivity index (χ1n) is 7.68. The van der Waals surface area contributed by atoms with Crippen molar-refractivity contribution in [3.8, 4) is 0 Å². The number of likely N-dealkylation sites (tertiary alicyclic amines) is 1. The van der Waals surface area contributed by atoms with Crippen LogP contribution in [0.3, 0.4) is 0 Å². The Morgan fingerprint density at radius 2 is 2.19 bits per heavy atom. The standard InChI is InChI=1S/C15H24N6/c1-12-17-13(2)21(18-12)11-14-5-4-6-20(9-14)10-15-7-16-19(3)8-15/h7-8,14H,4-6,9-11H2,1-3H3/t14-/m0/s1. The van der Waals surface area contributed by atoms with E-state index in [9.17, 15) is 0 Å². The Balaban J connectivity index is 1.59. The third-order valence-electron chi connectivity index (χ3n) is 4.16. The van der Waals surface area contributed by atoms with Crippen LogP contribution >= 0.6 is 0 Å². The van der Waals surface area contributed by atoms with Gasteiger partial charge in [0.1, 0.15) is 11.6 Å². The van der Waals surface area contributed by atoms with Gasteiger partial charge in [-0.2, -0.15) is 10.2 Å². The summed E-state index contributed by atoms with van der Waals surface area (Å²) in [6.45, 7) is 8.29. The highest BCUT2D eigenvalue weighted by molar-refractivity contribution is 5.03. The minimum absolute atomic E-state index is 0.662. The number of rotatable bonds is 4.